The molecule has 7 nitrogen and oxygen atoms in total. The molecule has 162 valence electrons. The van der Waals surface area contributed by atoms with Gasteiger partial charge in [0, 0.05) is 5.56 Å². The van der Waals surface area contributed by atoms with Gasteiger partial charge in [-0.2, -0.15) is 4.52 Å². The molecule has 3 aromatic carbocycles. The molecule has 0 aliphatic carbocycles. The Bertz CT molecular complexity index is 1520. The fraction of sp³-hybridized carbons (Fsp3) is 0.0385. The van der Waals surface area contributed by atoms with Gasteiger partial charge in [-0.05, 0) is 23.3 Å². The molecule has 0 aliphatic rings. The molecule has 2 aromatic heterocycles. The molecule has 0 amide bonds. The van der Waals surface area contributed by atoms with Gasteiger partial charge in [0.15, 0.2) is 5.65 Å². The lowest BCUT2D eigenvalue weighted by Gasteiger charge is -2.09. The number of nitrogen functional groups attached to an aromatic ring is 1. The minimum atomic E-state index is -0.338. The quantitative estimate of drug-likeness (QED) is 0.282. The van der Waals surface area contributed by atoms with Crippen molar-refractivity contribution in [3.63, 3.8) is 0 Å². The zero-order valence-electron chi connectivity index (χ0n) is 17.9. The molecular formula is C26H21N5O2. The Balaban J connectivity index is 1.88. The lowest BCUT2D eigenvalue weighted by molar-refractivity contribution is 0.415. The van der Waals surface area contributed by atoms with Crippen molar-refractivity contribution in [2.45, 2.75) is 0 Å². The highest BCUT2D eigenvalue weighted by atomic mass is 16.5. The van der Waals surface area contributed by atoms with E-state index < -0.39 is 0 Å². The van der Waals surface area contributed by atoms with E-state index in [1.54, 1.807) is 31.4 Å². The number of nitrogens with one attached hydrogen (secondary N) is 2. The number of aromatic amines is 1. The predicted octanol–water partition coefficient (Wildman–Crippen LogP) is 4.32. The SMILES string of the molecule is COc1ccc(-c2c(C(=N)N)nc3c(-c4ccccc4)c(-c4ccccc4)[nH]n3c2=O)cc1. The van der Waals surface area contributed by atoms with Crippen LogP contribution in [-0.2, 0) is 0 Å². The van der Waals surface area contributed by atoms with E-state index >= 15 is 0 Å². The third-order valence-electron chi connectivity index (χ3n) is 5.54. The van der Waals surface area contributed by atoms with E-state index in [4.69, 9.17) is 20.9 Å². The average molecular weight is 435 g/mol. The normalized spacial score (nSPS) is 10.9. The number of benzene rings is 3. The maximum atomic E-state index is 13.7. The smallest absolute Gasteiger partial charge is 0.281 e. The molecule has 0 bridgehead atoms. The number of hydrogen-bond acceptors (Lipinski definition) is 4. The van der Waals surface area contributed by atoms with Crippen LogP contribution in [0, 0.1) is 5.41 Å². The van der Waals surface area contributed by atoms with Crippen molar-refractivity contribution in [3.8, 4) is 39.3 Å². The van der Waals surface area contributed by atoms with Gasteiger partial charge >= 0.3 is 0 Å². The van der Waals surface area contributed by atoms with E-state index in [0.29, 0.717) is 17.0 Å². The van der Waals surface area contributed by atoms with Crippen molar-refractivity contribution in [1.29, 1.82) is 5.41 Å². The summed E-state index contributed by atoms with van der Waals surface area (Å²) in [7, 11) is 1.58. The summed E-state index contributed by atoms with van der Waals surface area (Å²) in [6.45, 7) is 0. The second-order valence-corrected chi connectivity index (χ2v) is 7.54. The molecule has 2 heterocycles. The highest BCUT2D eigenvalue weighted by Crippen LogP contribution is 2.34. The topological polar surface area (TPSA) is 109 Å². The van der Waals surface area contributed by atoms with Crippen molar-refractivity contribution >= 4 is 11.5 Å². The third kappa shape index (κ3) is 3.45. The Morgan fingerprint density at radius 3 is 2.03 bits per heavy atom. The zero-order valence-corrected chi connectivity index (χ0v) is 17.9. The lowest BCUT2D eigenvalue weighted by atomic mass is 10.0. The number of nitrogens with two attached hydrogens (primary N) is 1. The molecule has 0 atom stereocenters. The highest BCUT2D eigenvalue weighted by Gasteiger charge is 2.23. The van der Waals surface area contributed by atoms with Crippen LogP contribution in [0.2, 0.25) is 0 Å². The summed E-state index contributed by atoms with van der Waals surface area (Å²) < 4.78 is 6.66. The second kappa shape index (κ2) is 8.12. The standard InChI is InChI=1S/C26H21N5O2/c1-33-19-14-12-17(13-15-19)21-23(24(27)28)29-25-20(16-8-4-2-5-9-16)22(30-31(25)26(21)32)18-10-6-3-7-11-18/h2-15,30H,1H3,(H3,27,28). The first-order valence-corrected chi connectivity index (χ1v) is 10.4. The number of methoxy groups -OCH3 is 1. The number of aromatic nitrogens is 3. The molecule has 4 N–H and O–H groups in total. The van der Waals surface area contributed by atoms with Gasteiger partial charge in [-0.15, -0.1) is 0 Å². The van der Waals surface area contributed by atoms with Crippen LogP contribution in [0.15, 0.2) is 89.7 Å². The second-order valence-electron chi connectivity index (χ2n) is 7.54. The van der Waals surface area contributed by atoms with Gasteiger partial charge in [-0.25, -0.2) is 4.98 Å². The van der Waals surface area contributed by atoms with E-state index in [9.17, 15) is 4.79 Å². The van der Waals surface area contributed by atoms with Gasteiger partial charge in [0.05, 0.1) is 23.9 Å². The largest absolute Gasteiger partial charge is 0.497 e. The lowest BCUT2D eigenvalue weighted by Crippen LogP contribution is -2.25. The van der Waals surface area contributed by atoms with Crippen molar-refractivity contribution in [1.82, 2.24) is 14.6 Å². The summed E-state index contributed by atoms with van der Waals surface area (Å²) in [6.07, 6.45) is 0. The Labute approximate surface area is 189 Å². The Kier molecular flexibility index (Phi) is 4.99. The number of amidine groups is 1. The zero-order chi connectivity index (χ0) is 22.9. The van der Waals surface area contributed by atoms with Gasteiger partial charge in [-0.3, -0.25) is 15.3 Å². The van der Waals surface area contributed by atoms with E-state index in [1.165, 1.54) is 4.52 Å². The maximum Gasteiger partial charge on any atom is 0.281 e. The van der Waals surface area contributed by atoms with Crippen molar-refractivity contribution in [2.75, 3.05) is 7.11 Å². The van der Waals surface area contributed by atoms with Crippen LogP contribution in [0.5, 0.6) is 5.75 Å². The van der Waals surface area contributed by atoms with Crippen molar-refractivity contribution in [2.24, 2.45) is 5.73 Å². The minimum absolute atomic E-state index is 0.140. The number of fused-ring (bicyclic) bond motifs is 1. The summed E-state index contributed by atoms with van der Waals surface area (Å²) in [5.41, 5.74) is 10.3. The van der Waals surface area contributed by atoms with Crippen LogP contribution in [0.1, 0.15) is 5.69 Å². The molecule has 0 fully saturated rings. The van der Waals surface area contributed by atoms with Crippen LogP contribution < -0.4 is 16.0 Å². The number of nitrogens with zero attached hydrogens (tertiary/aromatic N) is 2. The average Bonchev–Trinajstić information content (AvgIpc) is 3.25. The van der Waals surface area contributed by atoms with Gasteiger partial charge < -0.3 is 10.5 Å². The first-order valence-electron chi connectivity index (χ1n) is 10.4. The predicted molar refractivity (Wildman–Crippen MR) is 130 cm³/mol. The molecule has 0 saturated heterocycles. The number of rotatable bonds is 5. The molecule has 0 spiro atoms. The van der Waals surface area contributed by atoms with E-state index in [1.807, 2.05) is 60.7 Å². The summed E-state index contributed by atoms with van der Waals surface area (Å²) in [5, 5.41) is 11.4. The van der Waals surface area contributed by atoms with Gasteiger partial charge in [0.1, 0.15) is 17.3 Å². The van der Waals surface area contributed by atoms with E-state index in [0.717, 1.165) is 22.4 Å². The molecule has 0 saturated carbocycles. The Hall–Kier alpha value is -4.65. The van der Waals surface area contributed by atoms with Gasteiger partial charge in [0.2, 0.25) is 0 Å². The van der Waals surface area contributed by atoms with Crippen LogP contribution >= 0.6 is 0 Å². The van der Waals surface area contributed by atoms with Crippen molar-refractivity contribution < 1.29 is 4.74 Å². The molecule has 5 aromatic rings. The summed E-state index contributed by atoms with van der Waals surface area (Å²) >= 11 is 0. The molecule has 0 radical (unpaired) electrons. The maximum absolute atomic E-state index is 13.7. The van der Waals surface area contributed by atoms with Gasteiger partial charge in [-0.1, -0.05) is 72.8 Å². The highest BCUT2D eigenvalue weighted by molar-refractivity contribution is 6.01. The first kappa shape index (κ1) is 20.3. The third-order valence-corrected chi connectivity index (χ3v) is 5.54. The van der Waals surface area contributed by atoms with Crippen molar-refractivity contribution in [3.05, 3.63) is 101 Å². The fourth-order valence-electron chi connectivity index (χ4n) is 3.98. The van der Waals surface area contributed by atoms with Crippen LogP contribution in [-0.4, -0.2) is 27.5 Å². The van der Waals surface area contributed by atoms with Crippen LogP contribution in [0.25, 0.3) is 39.2 Å². The first-order chi connectivity index (χ1) is 16.1. The van der Waals surface area contributed by atoms with Crippen LogP contribution in [0.4, 0.5) is 0 Å². The van der Waals surface area contributed by atoms with E-state index in [2.05, 4.69) is 5.10 Å². The molecule has 7 heteroatoms. The molecule has 33 heavy (non-hydrogen) atoms. The summed E-state index contributed by atoms with van der Waals surface area (Å²) in [4.78, 5) is 18.5. The molecule has 0 aliphatic heterocycles. The minimum Gasteiger partial charge on any atom is -0.497 e. The molecule has 0 unspecified atom stereocenters. The number of ether oxygens (including phenoxy) is 1. The monoisotopic (exact) mass is 435 g/mol. The Morgan fingerprint density at radius 1 is 0.879 bits per heavy atom. The molecule has 5 rings (SSSR count). The fourth-order valence-corrected chi connectivity index (χ4v) is 3.98. The Morgan fingerprint density at radius 2 is 1.45 bits per heavy atom. The summed E-state index contributed by atoms with van der Waals surface area (Å²) in [6, 6.07) is 26.5. The number of hydrogen-bond donors (Lipinski definition) is 3. The van der Waals surface area contributed by atoms with E-state index in [-0.39, 0.29) is 22.7 Å². The van der Waals surface area contributed by atoms with Crippen LogP contribution in [0.3, 0.4) is 0 Å². The summed E-state index contributed by atoms with van der Waals surface area (Å²) in [5.74, 6) is 0.386. The number of H-pyrrole nitrogens is 1. The molecular weight excluding hydrogens is 414 g/mol. The van der Waals surface area contributed by atoms with Gasteiger partial charge in [0.25, 0.3) is 5.56 Å².